The van der Waals surface area contributed by atoms with Gasteiger partial charge in [0.05, 0.1) is 0 Å². The molecule has 1 saturated carbocycles. The van der Waals surface area contributed by atoms with E-state index in [1.54, 1.807) is 0 Å². The highest BCUT2D eigenvalue weighted by Crippen LogP contribution is 2.25. The quantitative estimate of drug-likeness (QED) is 0.636. The lowest BCUT2D eigenvalue weighted by Gasteiger charge is -2.37. The highest BCUT2D eigenvalue weighted by atomic mass is 15.2. The monoisotopic (exact) mass is 211 g/mol. The lowest BCUT2D eigenvalue weighted by Crippen LogP contribution is -2.41. The average Bonchev–Trinajstić information content (AvgIpc) is 2.29. The van der Waals surface area contributed by atoms with Gasteiger partial charge in [0.2, 0.25) is 0 Å². The summed E-state index contributed by atoms with van der Waals surface area (Å²) in [6.45, 7) is 4.63. The third-order valence-electron chi connectivity index (χ3n) is 3.97. The second kappa shape index (κ2) is 7.27. The Bertz CT molecular complexity index is 143. The van der Waals surface area contributed by atoms with Crippen molar-refractivity contribution in [3.05, 3.63) is 0 Å². The van der Waals surface area contributed by atoms with Crippen LogP contribution < -0.4 is 0 Å². The summed E-state index contributed by atoms with van der Waals surface area (Å²) < 4.78 is 0. The van der Waals surface area contributed by atoms with Crippen LogP contribution in [0.4, 0.5) is 0 Å². The molecule has 15 heavy (non-hydrogen) atoms. The molecule has 90 valence electrons. The Morgan fingerprint density at radius 3 is 2.00 bits per heavy atom. The topological polar surface area (TPSA) is 3.24 Å². The van der Waals surface area contributed by atoms with Crippen molar-refractivity contribution < 1.29 is 0 Å². The maximum Gasteiger partial charge on any atom is 0.00951 e. The first-order valence-corrected chi connectivity index (χ1v) is 7.01. The number of nitrogens with zero attached hydrogens (tertiary/aromatic N) is 1. The molecule has 1 fully saturated rings. The molecule has 0 aromatic carbocycles. The molecule has 0 heterocycles. The molecule has 0 bridgehead atoms. The van der Waals surface area contributed by atoms with E-state index in [1.807, 2.05) is 0 Å². The molecule has 0 atom stereocenters. The minimum absolute atomic E-state index is 0.850. The molecule has 0 aliphatic heterocycles. The summed E-state index contributed by atoms with van der Waals surface area (Å²) in [6, 6.07) is 1.74. The number of hydrogen-bond donors (Lipinski definition) is 0. The highest BCUT2D eigenvalue weighted by molar-refractivity contribution is 4.79. The van der Waals surface area contributed by atoms with E-state index in [2.05, 4.69) is 25.8 Å². The molecule has 0 spiro atoms. The fourth-order valence-electron chi connectivity index (χ4n) is 3.00. The minimum atomic E-state index is 0.850. The summed E-state index contributed by atoms with van der Waals surface area (Å²) in [5.41, 5.74) is 0. The molecule has 0 aromatic heterocycles. The van der Waals surface area contributed by atoms with E-state index in [9.17, 15) is 0 Å². The number of rotatable bonds is 6. The van der Waals surface area contributed by atoms with Gasteiger partial charge >= 0.3 is 0 Å². The Kier molecular flexibility index (Phi) is 6.31. The zero-order valence-electron chi connectivity index (χ0n) is 11.0. The van der Waals surface area contributed by atoms with Crippen molar-refractivity contribution in [2.75, 3.05) is 7.05 Å². The third kappa shape index (κ3) is 4.14. The summed E-state index contributed by atoms with van der Waals surface area (Å²) in [4.78, 5) is 2.70. The standard InChI is InChI=1S/C14H29N/c1-4-9-13(10-5-2)15(3)14-11-7-6-8-12-14/h13-14H,4-12H2,1-3H3. The summed E-state index contributed by atoms with van der Waals surface area (Å²) in [6.07, 6.45) is 12.7. The summed E-state index contributed by atoms with van der Waals surface area (Å²) in [5, 5.41) is 0. The molecule has 0 radical (unpaired) electrons. The van der Waals surface area contributed by atoms with E-state index in [1.165, 1.54) is 57.8 Å². The van der Waals surface area contributed by atoms with Crippen molar-refractivity contribution in [1.82, 2.24) is 4.90 Å². The van der Waals surface area contributed by atoms with Crippen LogP contribution in [0.3, 0.4) is 0 Å². The van der Waals surface area contributed by atoms with Gasteiger partial charge in [-0.2, -0.15) is 0 Å². The maximum absolute atomic E-state index is 2.70. The molecule has 1 aliphatic carbocycles. The predicted octanol–water partition coefficient (Wildman–Crippen LogP) is 4.22. The Morgan fingerprint density at radius 1 is 1.00 bits per heavy atom. The minimum Gasteiger partial charge on any atom is -0.300 e. The Labute approximate surface area is 96.2 Å². The summed E-state index contributed by atoms with van der Waals surface area (Å²) in [5.74, 6) is 0. The third-order valence-corrected chi connectivity index (χ3v) is 3.97. The molecule has 0 amide bonds. The van der Waals surface area contributed by atoms with Crippen molar-refractivity contribution in [2.45, 2.75) is 83.7 Å². The molecule has 0 N–H and O–H groups in total. The van der Waals surface area contributed by atoms with Crippen LogP contribution in [0.25, 0.3) is 0 Å². The van der Waals surface area contributed by atoms with Crippen LogP contribution in [0.15, 0.2) is 0 Å². The molecule has 1 rings (SSSR count). The lowest BCUT2D eigenvalue weighted by molar-refractivity contribution is 0.123. The second-order valence-corrected chi connectivity index (χ2v) is 5.19. The van der Waals surface area contributed by atoms with Crippen molar-refractivity contribution in [3.8, 4) is 0 Å². The summed E-state index contributed by atoms with van der Waals surface area (Å²) >= 11 is 0. The molecule has 1 heteroatoms. The first kappa shape index (κ1) is 13.0. The van der Waals surface area contributed by atoms with Crippen LogP contribution in [0.2, 0.25) is 0 Å². The van der Waals surface area contributed by atoms with Crippen molar-refractivity contribution in [2.24, 2.45) is 0 Å². The number of hydrogen-bond acceptors (Lipinski definition) is 1. The first-order chi connectivity index (χ1) is 7.29. The van der Waals surface area contributed by atoms with Crippen molar-refractivity contribution >= 4 is 0 Å². The van der Waals surface area contributed by atoms with Gasteiger partial charge in [0, 0.05) is 12.1 Å². The van der Waals surface area contributed by atoms with Gasteiger partial charge in [-0.05, 0) is 32.7 Å². The van der Waals surface area contributed by atoms with Gasteiger partial charge in [0.1, 0.15) is 0 Å². The molecule has 0 saturated heterocycles. The fourth-order valence-corrected chi connectivity index (χ4v) is 3.00. The molecule has 1 nitrogen and oxygen atoms in total. The molecular weight excluding hydrogens is 182 g/mol. The van der Waals surface area contributed by atoms with Crippen LogP contribution in [-0.2, 0) is 0 Å². The van der Waals surface area contributed by atoms with Crippen LogP contribution in [-0.4, -0.2) is 24.0 Å². The molecule has 1 aliphatic rings. The largest absolute Gasteiger partial charge is 0.300 e. The highest BCUT2D eigenvalue weighted by Gasteiger charge is 2.23. The van der Waals surface area contributed by atoms with E-state index in [0.717, 1.165) is 12.1 Å². The van der Waals surface area contributed by atoms with Gasteiger partial charge in [-0.3, -0.25) is 0 Å². The van der Waals surface area contributed by atoms with E-state index < -0.39 is 0 Å². The van der Waals surface area contributed by atoms with E-state index in [4.69, 9.17) is 0 Å². The lowest BCUT2D eigenvalue weighted by atomic mass is 9.92. The zero-order valence-corrected chi connectivity index (χ0v) is 11.0. The van der Waals surface area contributed by atoms with Crippen LogP contribution in [0.1, 0.15) is 71.6 Å². The Balaban J connectivity index is 2.41. The van der Waals surface area contributed by atoms with Crippen molar-refractivity contribution in [1.29, 1.82) is 0 Å². The van der Waals surface area contributed by atoms with Crippen LogP contribution in [0.5, 0.6) is 0 Å². The molecular formula is C14H29N. The second-order valence-electron chi connectivity index (χ2n) is 5.19. The first-order valence-electron chi connectivity index (χ1n) is 7.01. The van der Waals surface area contributed by atoms with Gasteiger partial charge in [0.25, 0.3) is 0 Å². The SMILES string of the molecule is CCCC(CCC)N(C)C1CCCCC1. The van der Waals surface area contributed by atoms with Gasteiger partial charge in [-0.15, -0.1) is 0 Å². The maximum atomic E-state index is 2.70. The van der Waals surface area contributed by atoms with E-state index in [0.29, 0.717) is 0 Å². The normalized spacial score (nSPS) is 19.0. The van der Waals surface area contributed by atoms with Gasteiger partial charge in [0.15, 0.2) is 0 Å². The van der Waals surface area contributed by atoms with Crippen LogP contribution >= 0.6 is 0 Å². The average molecular weight is 211 g/mol. The molecule has 0 aromatic rings. The zero-order chi connectivity index (χ0) is 11.1. The van der Waals surface area contributed by atoms with Gasteiger partial charge < -0.3 is 4.90 Å². The fraction of sp³-hybridized carbons (Fsp3) is 1.00. The van der Waals surface area contributed by atoms with Crippen molar-refractivity contribution in [3.63, 3.8) is 0 Å². The predicted molar refractivity (Wildman–Crippen MR) is 68.2 cm³/mol. The van der Waals surface area contributed by atoms with E-state index in [-0.39, 0.29) is 0 Å². The molecule has 0 unspecified atom stereocenters. The Hall–Kier alpha value is -0.0400. The smallest absolute Gasteiger partial charge is 0.00951 e. The van der Waals surface area contributed by atoms with Crippen LogP contribution in [0, 0.1) is 0 Å². The Morgan fingerprint density at radius 2 is 1.53 bits per heavy atom. The van der Waals surface area contributed by atoms with Gasteiger partial charge in [-0.1, -0.05) is 46.0 Å². The van der Waals surface area contributed by atoms with E-state index >= 15 is 0 Å². The summed E-state index contributed by atoms with van der Waals surface area (Å²) in [7, 11) is 2.37. The van der Waals surface area contributed by atoms with Gasteiger partial charge in [-0.25, -0.2) is 0 Å².